The lowest BCUT2D eigenvalue weighted by Gasteiger charge is -2.06. The van der Waals surface area contributed by atoms with Gasteiger partial charge in [-0.2, -0.15) is 0 Å². The standard InChI is InChI=1S/C13H12INO3/c1-8-6-9(18-12(8)13(16)17)7-15-11-5-3-2-4-10(11)14/h2-6,15H,7H2,1H3,(H,16,17). The highest BCUT2D eigenvalue weighted by Gasteiger charge is 2.14. The molecule has 0 atom stereocenters. The second kappa shape index (κ2) is 5.43. The maximum absolute atomic E-state index is 10.8. The topological polar surface area (TPSA) is 62.5 Å². The minimum Gasteiger partial charge on any atom is -0.475 e. The summed E-state index contributed by atoms with van der Waals surface area (Å²) in [5, 5.41) is 12.1. The SMILES string of the molecule is Cc1cc(CNc2ccccc2I)oc1C(=O)O. The second-order valence-electron chi connectivity index (χ2n) is 3.86. The zero-order valence-electron chi connectivity index (χ0n) is 9.74. The van der Waals surface area contributed by atoms with E-state index in [9.17, 15) is 4.79 Å². The first-order valence-electron chi connectivity index (χ1n) is 5.39. The Morgan fingerprint density at radius 2 is 2.17 bits per heavy atom. The van der Waals surface area contributed by atoms with Gasteiger partial charge in [0.1, 0.15) is 5.76 Å². The van der Waals surface area contributed by atoms with Gasteiger partial charge < -0.3 is 14.8 Å². The number of carbonyl (C=O) groups is 1. The number of benzene rings is 1. The van der Waals surface area contributed by atoms with Crippen molar-refractivity contribution >= 4 is 34.2 Å². The van der Waals surface area contributed by atoms with Crippen molar-refractivity contribution in [1.29, 1.82) is 0 Å². The van der Waals surface area contributed by atoms with Gasteiger partial charge in [-0.1, -0.05) is 12.1 Å². The van der Waals surface area contributed by atoms with Crippen LogP contribution in [0.1, 0.15) is 21.9 Å². The molecule has 94 valence electrons. The molecule has 0 fully saturated rings. The lowest BCUT2D eigenvalue weighted by Crippen LogP contribution is -2.00. The van der Waals surface area contributed by atoms with Crippen LogP contribution < -0.4 is 5.32 Å². The molecule has 1 heterocycles. The number of aryl methyl sites for hydroxylation is 1. The molecular formula is C13H12INO3. The van der Waals surface area contributed by atoms with E-state index >= 15 is 0 Å². The molecule has 1 aromatic heterocycles. The van der Waals surface area contributed by atoms with E-state index in [1.165, 1.54) is 0 Å². The molecule has 0 saturated carbocycles. The van der Waals surface area contributed by atoms with Crippen LogP contribution in [0.2, 0.25) is 0 Å². The van der Waals surface area contributed by atoms with Crippen LogP contribution >= 0.6 is 22.6 Å². The Hall–Kier alpha value is -1.50. The van der Waals surface area contributed by atoms with Gasteiger partial charge >= 0.3 is 5.97 Å². The normalized spacial score (nSPS) is 10.3. The van der Waals surface area contributed by atoms with E-state index in [0.717, 1.165) is 9.26 Å². The van der Waals surface area contributed by atoms with Gasteiger partial charge in [-0.25, -0.2) is 4.79 Å². The third kappa shape index (κ3) is 2.84. The molecular weight excluding hydrogens is 345 g/mol. The van der Waals surface area contributed by atoms with Crippen LogP contribution in [0.4, 0.5) is 5.69 Å². The van der Waals surface area contributed by atoms with E-state index in [0.29, 0.717) is 17.9 Å². The van der Waals surface area contributed by atoms with Crippen LogP contribution in [0.3, 0.4) is 0 Å². The van der Waals surface area contributed by atoms with Gasteiger partial charge in [0.25, 0.3) is 0 Å². The number of nitrogens with one attached hydrogen (secondary N) is 1. The summed E-state index contributed by atoms with van der Waals surface area (Å²) in [5.41, 5.74) is 1.64. The molecule has 0 aliphatic rings. The number of carboxylic acid groups (broad SMARTS) is 1. The van der Waals surface area contributed by atoms with Crippen LogP contribution in [0, 0.1) is 10.5 Å². The lowest BCUT2D eigenvalue weighted by molar-refractivity contribution is 0.0659. The Morgan fingerprint density at radius 3 is 2.78 bits per heavy atom. The minimum atomic E-state index is -1.03. The molecule has 0 aliphatic carbocycles. The molecule has 0 amide bonds. The summed E-state index contributed by atoms with van der Waals surface area (Å²) in [7, 11) is 0. The summed E-state index contributed by atoms with van der Waals surface area (Å²) in [4.78, 5) is 10.8. The van der Waals surface area contributed by atoms with E-state index in [-0.39, 0.29) is 5.76 Å². The average Bonchev–Trinajstić information content (AvgIpc) is 2.70. The van der Waals surface area contributed by atoms with Crippen LogP contribution in [0.15, 0.2) is 34.7 Å². The van der Waals surface area contributed by atoms with Crippen LogP contribution in [-0.4, -0.2) is 11.1 Å². The zero-order valence-corrected chi connectivity index (χ0v) is 11.9. The maximum atomic E-state index is 10.8. The highest BCUT2D eigenvalue weighted by molar-refractivity contribution is 14.1. The summed E-state index contributed by atoms with van der Waals surface area (Å²) in [6, 6.07) is 9.62. The van der Waals surface area contributed by atoms with E-state index in [1.807, 2.05) is 24.3 Å². The number of furan rings is 1. The Balaban J connectivity index is 2.09. The van der Waals surface area contributed by atoms with Crippen molar-refractivity contribution in [1.82, 2.24) is 0 Å². The maximum Gasteiger partial charge on any atom is 0.372 e. The number of anilines is 1. The molecule has 2 N–H and O–H groups in total. The fourth-order valence-corrected chi connectivity index (χ4v) is 2.21. The first-order chi connectivity index (χ1) is 8.58. The number of hydrogen-bond donors (Lipinski definition) is 2. The van der Waals surface area contributed by atoms with Crippen LogP contribution in [0.5, 0.6) is 0 Å². The van der Waals surface area contributed by atoms with Gasteiger partial charge in [0.05, 0.1) is 6.54 Å². The monoisotopic (exact) mass is 357 g/mol. The predicted octanol–water partition coefficient (Wildman–Crippen LogP) is 3.50. The van der Waals surface area contributed by atoms with Gasteiger partial charge in [0.2, 0.25) is 5.76 Å². The molecule has 0 spiro atoms. The first kappa shape index (κ1) is 12.9. The number of hydrogen-bond acceptors (Lipinski definition) is 3. The Morgan fingerprint density at radius 1 is 1.44 bits per heavy atom. The molecule has 2 rings (SSSR count). The predicted molar refractivity (Wildman–Crippen MR) is 76.9 cm³/mol. The zero-order chi connectivity index (χ0) is 13.1. The molecule has 4 nitrogen and oxygen atoms in total. The number of aromatic carboxylic acids is 1. The second-order valence-corrected chi connectivity index (χ2v) is 5.03. The number of carboxylic acids is 1. The molecule has 0 unspecified atom stereocenters. The van der Waals surface area contributed by atoms with Gasteiger partial charge in [-0.15, -0.1) is 0 Å². The molecule has 1 aromatic carbocycles. The fraction of sp³-hybridized carbons (Fsp3) is 0.154. The summed E-state index contributed by atoms with van der Waals surface area (Å²) >= 11 is 2.24. The van der Waals surface area contributed by atoms with E-state index in [4.69, 9.17) is 9.52 Å². The average molecular weight is 357 g/mol. The van der Waals surface area contributed by atoms with Gasteiger partial charge in [-0.05, 0) is 47.7 Å². The third-order valence-corrected chi connectivity index (χ3v) is 3.43. The number of rotatable bonds is 4. The fourth-order valence-electron chi connectivity index (χ4n) is 1.63. The molecule has 18 heavy (non-hydrogen) atoms. The minimum absolute atomic E-state index is 0.00885. The summed E-state index contributed by atoms with van der Waals surface area (Å²) in [5.74, 6) is -0.410. The molecule has 0 saturated heterocycles. The van der Waals surface area contributed by atoms with Crippen molar-refractivity contribution in [3.8, 4) is 0 Å². The first-order valence-corrected chi connectivity index (χ1v) is 6.47. The number of para-hydroxylation sites is 1. The van der Waals surface area contributed by atoms with Crippen molar-refractivity contribution in [2.75, 3.05) is 5.32 Å². The van der Waals surface area contributed by atoms with Crippen molar-refractivity contribution in [2.45, 2.75) is 13.5 Å². The van der Waals surface area contributed by atoms with E-state index < -0.39 is 5.97 Å². The molecule has 0 radical (unpaired) electrons. The van der Waals surface area contributed by atoms with Crippen LogP contribution in [-0.2, 0) is 6.54 Å². The Kier molecular flexibility index (Phi) is 3.90. The van der Waals surface area contributed by atoms with Crippen molar-refractivity contribution in [3.63, 3.8) is 0 Å². The lowest BCUT2D eigenvalue weighted by atomic mass is 10.2. The van der Waals surface area contributed by atoms with Crippen molar-refractivity contribution in [2.24, 2.45) is 0 Å². The number of halogens is 1. The molecule has 0 aliphatic heterocycles. The van der Waals surface area contributed by atoms with Crippen LogP contribution in [0.25, 0.3) is 0 Å². The summed E-state index contributed by atoms with van der Waals surface area (Å²) in [6.07, 6.45) is 0. The van der Waals surface area contributed by atoms with Gasteiger partial charge in [0.15, 0.2) is 0 Å². The smallest absolute Gasteiger partial charge is 0.372 e. The quantitative estimate of drug-likeness (QED) is 0.823. The van der Waals surface area contributed by atoms with E-state index in [2.05, 4.69) is 27.9 Å². The summed E-state index contributed by atoms with van der Waals surface area (Å²) in [6.45, 7) is 2.19. The third-order valence-electron chi connectivity index (χ3n) is 2.49. The highest BCUT2D eigenvalue weighted by atomic mass is 127. The van der Waals surface area contributed by atoms with E-state index in [1.54, 1.807) is 13.0 Å². The molecule has 5 heteroatoms. The Bertz CT molecular complexity index is 577. The largest absolute Gasteiger partial charge is 0.475 e. The van der Waals surface area contributed by atoms with Crippen molar-refractivity contribution in [3.05, 3.63) is 51.0 Å². The van der Waals surface area contributed by atoms with Gasteiger partial charge in [0, 0.05) is 14.8 Å². The highest BCUT2D eigenvalue weighted by Crippen LogP contribution is 2.20. The summed E-state index contributed by atoms with van der Waals surface area (Å²) < 4.78 is 6.38. The molecule has 2 aromatic rings. The Labute approximate surface area is 118 Å². The molecule has 0 bridgehead atoms. The van der Waals surface area contributed by atoms with Gasteiger partial charge in [-0.3, -0.25) is 0 Å². The van der Waals surface area contributed by atoms with Crippen molar-refractivity contribution < 1.29 is 14.3 Å².